The number of nitrogens with one attached hydrogen (secondary N) is 2. The normalized spacial score (nSPS) is 16.0. The van der Waals surface area contributed by atoms with Gasteiger partial charge in [0.15, 0.2) is 5.96 Å². The molecule has 1 aromatic carbocycles. The van der Waals surface area contributed by atoms with E-state index in [2.05, 4.69) is 15.6 Å². The van der Waals surface area contributed by atoms with E-state index < -0.39 is 12.7 Å². The zero-order valence-electron chi connectivity index (χ0n) is 15.6. The van der Waals surface area contributed by atoms with E-state index >= 15 is 0 Å². The second-order valence-electron chi connectivity index (χ2n) is 6.85. The summed E-state index contributed by atoms with van der Waals surface area (Å²) in [5.41, 5.74) is 0.918. The second-order valence-corrected chi connectivity index (χ2v) is 6.85. The Bertz CT molecular complexity index is 618. The second kappa shape index (κ2) is 10.4. The standard InChI is InChI=1S/C18H26F4N4.HI/c1-23-16(24-9-4-10-26(2)13-18(20,21)22)25-12-17(7-8-17)14-5-3-6-15(19)11-14;/h3,5-6,11H,4,7-10,12-13H2,1-2H3,(H2,23,24,25);1H. The first-order chi connectivity index (χ1) is 12.2. The van der Waals surface area contributed by atoms with Crippen molar-refractivity contribution in [3.63, 3.8) is 0 Å². The molecule has 27 heavy (non-hydrogen) atoms. The van der Waals surface area contributed by atoms with Gasteiger partial charge in [0.05, 0.1) is 6.54 Å². The highest BCUT2D eigenvalue weighted by molar-refractivity contribution is 14.0. The molecule has 0 heterocycles. The lowest BCUT2D eigenvalue weighted by Crippen LogP contribution is -2.42. The zero-order valence-corrected chi connectivity index (χ0v) is 17.9. The number of hydrogen-bond acceptors (Lipinski definition) is 2. The minimum atomic E-state index is -4.17. The van der Waals surface area contributed by atoms with Gasteiger partial charge in [0.2, 0.25) is 0 Å². The van der Waals surface area contributed by atoms with Crippen LogP contribution in [0.5, 0.6) is 0 Å². The SMILES string of the molecule is CN=C(NCCCN(C)CC(F)(F)F)NCC1(c2cccc(F)c2)CC1.I. The van der Waals surface area contributed by atoms with E-state index in [0.717, 1.165) is 18.4 Å². The first kappa shape index (κ1) is 23.9. The summed E-state index contributed by atoms with van der Waals surface area (Å²) in [5.74, 6) is 0.366. The highest BCUT2D eigenvalue weighted by atomic mass is 127. The molecule has 154 valence electrons. The van der Waals surface area contributed by atoms with E-state index in [0.29, 0.717) is 32.0 Å². The van der Waals surface area contributed by atoms with Gasteiger partial charge in [-0.25, -0.2) is 4.39 Å². The van der Waals surface area contributed by atoms with Crippen LogP contribution in [0.1, 0.15) is 24.8 Å². The Hall–Kier alpha value is -1.10. The summed E-state index contributed by atoms with van der Waals surface area (Å²) >= 11 is 0. The van der Waals surface area contributed by atoms with Gasteiger partial charge in [-0.05, 0) is 50.6 Å². The maximum atomic E-state index is 13.4. The monoisotopic (exact) mass is 502 g/mol. The van der Waals surface area contributed by atoms with Gasteiger partial charge in [-0.1, -0.05) is 12.1 Å². The van der Waals surface area contributed by atoms with Crippen molar-refractivity contribution < 1.29 is 17.6 Å². The van der Waals surface area contributed by atoms with Crippen molar-refractivity contribution >= 4 is 29.9 Å². The average molecular weight is 502 g/mol. The third-order valence-electron chi connectivity index (χ3n) is 4.57. The fraction of sp³-hybridized carbons (Fsp3) is 0.611. The Kier molecular flexibility index (Phi) is 9.26. The Balaban J connectivity index is 0.00000364. The summed E-state index contributed by atoms with van der Waals surface area (Å²) < 4.78 is 50.2. The summed E-state index contributed by atoms with van der Waals surface area (Å²) in [5, 5.41) is 6.35. The van der Waals surface area contributed by atoms with Crippen molar-refractivity contribution in [3.05, 3.63) is 35.6 Å². The lowest BCUT2D eigenvalue weighted by molar-refractivity contribution is -0.143. The van der Waals surface area contributed by atoms with Crippen molar-refractivity contribution in [1.82, 2.24) is 15.5 Å². The number of halogens is 5. The molecule has 1 aliphatic carbocycles. The molecule has 1 saturated carbocycles. The molecular weight excluding hydrogens is 475 g/mol. The van der Waals surface area contributed by atoms with Crippen molar-refractivity contribution in [2.45, 2.75) is 30.9 Å². The topological polar surface area (TPSA) is 39.7 Å². The van der Waals surface area contributed by atoms with E-state index in [9.17, 15) is 17.6 Å². The van der Waals surface area contributed by atoms with Crippen molar-refractivity contribution in [3.8, 4) is 0 Å². The van der Waals surface area contributed by atoms with Gasteiger partial charge in [-0.15, -0.1) is 24.0 Å². The van der Waals surface area contributed by atoms with Crippen molar-refractivity contribution in [2.24, 2.45) is 4.99 Å². The maximum absolute atomic E-state index is 13.4. The van der Waals surface area contributed by atoms with Crippen LogP contribution in [-0.4, -0.2) is 57.3 Å². The molecule has 1 fully saturated rings. The molecule has 0 unspecified atom stereocenters. The average Bonchev–Trinajstić information content (AvgIpc) is 3.34. The molecule has 0 bridgehead atoms. The fourth-order valence-electron chi connectivity index (χ4n) is 2.95. The number of benzene rings is 1. The molecule has 4 nitrogen and oxygen atoms in total. The molecule has 0 aliphatic heterocycles. The number of hydrogen-bond donors (Lipinski definition) is 2. The Morgan fingerprint density at radius 2 is 1.96 bits per heavy atom. The van der Waals surface area contributed by atoms with E-state index in [1.165, 1.54) is 18.0 Å². The third-order valence-corrected chi connectivity index (χ3v) is 4.57. The minimum absolute atomic E-state index is 0. The number of aliphatic imine (C=N–C) groups is 1. The molecular formula is C18H27F4IN4. The predicted octanol–water partition coefficient (Wildman–Crippen LogP) is 3.52. The van der Waals surface area contributed by atoms with Gasteiger partial charge in [-0.2, -0.15) is 13.2 Å². The summed E-state index contributed by atoms with van der Waals surface area (Å²) in [6, 6.07) is 6.66. The van der Waals surface area contributed by atoms with Gasteiger partial charge in [0, 0.05) is 25.6 Å². The number of guanidine groups is 1. The van der Waals surface area contributed by atoms with Crippen LogP contribution in [0.2, 0.25) is 0 Å². The Morgan fingerprint density at radius 3 is 2.52 bits per heavy atom. The third kappa shape index (κ3) is 8.20. The summed E-state index contributed by atoms with van der Waals surface area (Å²) in [7, 11) is 3.10. The molecule has 0 aromatic heterocycles. The van der Waals surface area contributed by atoms with Gasteiger partial charge < -0.3 is 10.6 Å². The van der Waals surface area contributed by atoms with Crippen LogP contribution in [0.15, 0.2) is 29.3 Å². The molecule has 2 rings (SSSR count). The van der Waals surface area contributed by atoms with E-state index in [4.69, 9.17) is 0 Å². The maximum Gasteiger partial charge on any atom is 0.401 e. The van der Waals surface area contributed by atoms with Crippen LogP contribution in [0.4, 0.5) is 17.6 Å². The lowest BCUT2D eigenvalue weighted by atomic mass is 9.96. The fourth-order valence-corrected chi connectivity index (χ4v) is 2.95. The molecule has 2 N–H and O–H groups in total. The first-order valence-electron chi connectivity index (χ1n) is 8.70. The van der Waals surface area contributed by atoms with Gasteiger partial charge in [-0.3, -0.25) is 9.89 Å². The Labute approximate surface area is 174 Å². The highest BCUT2D eigenvalue weighted by Crippen LogP contribution is 2.47. The molecule has 0 atom stereocenters. The van der Waals surface area contributed by atoms with Crippen molar-refractivity contribution in [2.75, 3.05) is 40.3 Å². The predicted molar refractivity (Wildman–Crippen MR) is 110 cm³/mol. The van der Waals surface area contributed by atoms with Gasteiger partial charge in [0.25, 0.3) is 0 Å². The van der Waals surface area contributed by atoms with Crippen LogP contribution < -0.4 is 10.6 Å². The van der Waals surface area contributed by atoms with Crippen LogP contribution in [-0.2, 0) is 5.41 Å². The van der Waals surface area contributed by atoms with Gasteiger partial charge >= 0.3 is 6.18 Å². The highest BCUT2D eigenvalue weighted by Gasteiger charge is 2.44. The van der Waals surface area contributed by atoms with Crippen LogP contribution in [0.25, 0.3) is 0 Å². The summed E-state index contributed by atoms with van der Waals surface area (Å²) in [4.78, 5) is 5.38. The largest absolute Gasteiger partial charge is 0.401 e. The lowest BCUT2D eigenvalue weighted by Gasteiger charge is -2.20. The first-order valence-corrected chi connectivity index (χ1v) is 8.70. The zero-order chi connectivity index (χ0) is 19.2. The molecule has 0 amide bonds. The van der Waals surface area contributed by atoms with Crippen LogP contribution in [0, 0.1) is 5.82 Å². The quantitative estimate of drug-likeness (QED) is 0.188. The molecule has 0 radical (unpaired) electrons. The van der Waals surface area contributed by atoms with Crippen molar-refractivity contribution in [1.29, 1.82) is 0 Å². The molecule has 1 aliphatic rings. The van der Waals surface area contributed by atoms with Crippen LogP contribution >= 0.6 is 24.0 Å². The summed E-state index contributed by atoms with van der Waals surface area (Å²) in [6.45, 7) is 0.603. The molecule has 0 spiro atoms. The summed E-state index contributed by atoms with van der Waals surface area (Å²) in [6.07, 6.45) is -1.62. The van der Waals surface area contributed by atoms with Crippen LogP contribution in [0.3, 0.4) is 0 Å². The van der Waals surface area contributed by atoms with E-state index in [1.54, 1.807) is 19.2 Å². The molecule has 0 saturated heterocycles. The number of rotatable bonds is 8. The molecule has 9 heteroatoms. The number of nitrogens with zero attached hydrogens (tertiary/aromatic N) is 2. The van der Waals surface area contributed by atoms with E-state index in [1.807, 2.05) is 6.07 Å². The Morgan fingerprint density at radius 1 is 1.26 bits per heavy atom. The molecule has 1 aromatic rings. The smallest absolute Gasteiger partial charge is 0.356 e. The minimum Gasteiger partial charge on any atom is -0.356 e. The van der Waals surface area contributed by atoms with E-state index in [-0.39, 0.29) is 35.2 Å². The van der Waals surface area contributed by atoms with Gasteiger partial charge in [0.1, 0.15) is 5.82 Å². The number of alkyl halides is 3.